The number of carboxylic acid groups (broad SMARTS) is 2. The number of likely N-dealkylation sites (tertiary alicyclic amines) is 1. The molecule has 31 heavy (non-hydrogen) atoms. The number of piperidine rings is 1. The van der Waals surface area contributed by atoms with Crippen molar-refractivity contribution in [2.24, 2.45) is 0 Å². The molecule has 9 nitrogen and oxygen atoms in total. The summed E-state index contributed by atoms with van der Waals surface area (Å²) in [5, 5.41) is 13.8. The van der Waals surface area contributed by atoms with Crippen molar-refractivity contribution in [3.8, 4) is 0 Å². The number of aryl methyl sites for hydroxylation is 2. The lowest BCUT2D eigenvalue weighted by atomic mass is 9.88. The normalized spacial score (nSPS) is 23.4. The third-order valence-electron chi connectivity index (χ3n) is 6.21. The number of H-pyrrole nitrogens is 1. The van der Waals surface area contributed by atoms with Crippen molar-refractivity contribution in [3.05, 3.63) is 17.2 Å². The molecule has 0 radical (unpaired) electrons. The van der Waals surface area contributed by atoms with Crippen LogP contribution >= 0.6 is 11.8 Å². The van der Waals surface area contributed by atoms with E-state index in [1.807, 2.05) is 0 Å². The number of imidazole rings is 1. The summed E-state index contributed by atoms with van der Waals surface area (Å²) in [5.41, 5.74) is 2.56. The molecule has 0 saturated carbocycles. The molecule has 3 aliphatic heterocycles. The summed E-state index contributed by atoms with van der Waals surface area (Å²) in [7, 11) is 0. The Balaban J connectivity index is 0.000000513. The third kappa shape index (κ3) is 7.48. The lowest BCUT2D eigenvalue weighted by Gasteiger charge is -2.48. The van der Waals surface area contributed by atoms with Crippen molar-refractivity contribution in [3.63, 3.8) is 0 Å². The second-order valence-electron chi connectivity index (χ2n) is 8.12. The Morgan fingerprint density at radius 1 is 1.26 bits per heavy atom. The van der Waals surface area contributed by atoms with Crippen LogP contribution in [0.3, 0.4) is 0 Å². The molecule has 4 rings (SSSR count). The van der Waals surface area contributed by atoms with Gasteiger partial charge in [-0.05, 0) is 31.9 Å². The second kappa shape index (κ2) is 13.0. The first kappa shape index (κ1) is 25.6. The first-order chi connectivity index (χ1) is 15.0. The van der Waals surface area contributed by atoms with Crippen LogP contribution in [0.4, 0.5) is 0 Å². The maximum atomic E-state index is 8.36. The number of morpholine rings is 1. The minimum atomic E-state index is -0.250. The highest BCUT2D eigenvalue weighted by atomic mass is 32.2. The molecule has 176 valence electrons. The largest absolute Gasteiger partial charge is 0.483 e. The quantitative estimate of drug-likeness (QED) is 0.583. The van der Waals surface area contributed by atoms with E-state index in [4.69, 9.17) is 29.5 Å². The molecule has 1 spiro atoms. The van der Waals surface area contributed by atoms with Gasteiger partial charge in [-0.15, -0.1) is 0 Å². The summed E-state index contributed by atoms with van der Waals surface area (Å²) >= 11 is 2.12. The van der Waals surface area contributed by atoms with Gasteiger partial charge in [0.2, 0.25) is 0 Å². The minimum Gasteiger partial charge on any atom is -0.483 e. The molecule has 3 saturated heterocycles. The number of nitrogens with zero attached hydrogens (tertiary/aromatic N) is 3. The van der Waals surface area contributed by atoms with Gasteiger partial charge in [0.1, 0.15) is 5.82 Å². The highest BCUT2D eigenvalue weighted by molar-refractivity contribution is 7.99. The molecule has 3 aliphatic rings. The van der Waals surface area contributed by atoms with Crippen molar-refractivity contribution in [2.75, 3.05) is 44.3 Å². The molecule has 0 amide bonds. The van der Waals surface area contributed by atoms with Crippen molar-refractivity contribution in [1.29, 1.82) is 0 Å². The summed E-state index contributed by atoms with van der Waals surface area (Å²) in [5.74, 6) is 3.77. The van der Waals surface area contributed by atoms with E-state index in [9.17, 15) is 0 Å². The Morgan fingerprint density at radius 3 is 2.48 bits per heavy atom. The highest BCUT2D eigenvalue weighted by Gasteiger charge is 2.41. The molecule has 1 atom stereocenters. The maximum Gasteiger partial charge on any atom is 0.290 e. The monoisotopic (exact) mass is 456 g/mol. The number of carbonyl (C=O) groups is 2. The van der Waals surface area contributed by atoms with Gasteiger partial charge < -0.3 is 19.9 Å². The molecule has 1 aromatic rings. The fourth-order valence-corrected chi connectivity index (χ4v) is 5.77. The van der Waals surface area contributed by atoms with Crippen LogP contribution in [0, 0.1) is 6.92 Å². The predicted molar refractivity (Wildman–Crippen MR) is 121 cm³/mol. The van der Waals surface area contributed by atoms with E-state index in [0.717, 1.165) is 70.5 Å². The first-order valence-electron chi connectivity index (χ1n) is 10.9. The fraction of sp³-hybridized carbons (Fsp3) is 0.762. The zero-order chi connectivity index (χ0) is 22.7. The number of hydrogen-bond acceptors (Lipinski definition) is 7. The van der Waals surface area contributed by atoms with Gasteiger partial charge in [0.15, 0.2) is 0 Å². The number of hydrogen-bond donors (Lipinski definition) is 3. The molecule has 10 heteroatoms. The van der Waals surface area contributed by atoms with Crippen LogP contribution < -0.4 is 0 Å². The molecular formula is C21H36N4O5S. The fourth-order valence-electron chi connectivity index (χ4n) is 4.51. The lowest BCUT2D eigenvalue weighted by Crippen LogP contribution is -2.58. The molecule has 0 aliphatic carbocycles. The van der Waals surface area contributed by atoms with Crippen LogP contribution in [0.2, 0.25) is 0 Å². The summed E-state index contributed by atoms with van der Waals surface area (Å²) in [6.45, 7) is 10.2. The topological polar surface area (TPSA) is 119 Å². The molecule has 4 heterocycles. The smallest absolute Gasteiger partial charge is 0.290 e. The van der Waals surface area contributed by atoms with E-state index in [1.165, 1.54) is 29.3 Å². The van der Waals surface area contributed by atoms with E-state index in [-0.39, 0.29) is 18.5 Å². The van der Waals surface area contributed by atoms with E-state index in [1.54, 1.807) is 0 Å². The number of thioether (sulfide) groups is 1. The van der Waals surface area contributed by atoms with Crippen LogP contribution in [0.25, 0.3) is 0 Å². The van der Waals surface area contributed by atoms with Crippen molar-refractivity contribution in [2.45, 2.75) is 57.7 Å². The van der Waals surface area contributed by atoms with Gasteiger partial charge in [0.05, 0.1) is 17.9 Å². The number of rotatable bonds is 4. The van der Waals surface area contributed by atoms with Crippen molar-refractivity contribution < 1.29 is 24.5 Å². The molecule has 3 fully saturated rings. The second-order valence-corrected chi connectivity index (χ2v) is 9.26. The molecule has 0 bridgehead atoms. The highest BCUT2D eigenvalue weighted by Crippen LogP contribution is 2.33. The molecule has 0 aromatic carbocycles. The van der Waals surface area contributed by atoms with E-state index >= 15 is 0 Å². The predicted octanol–water partition coefficient (Wildman–Crippen LogP) is 1.85. The van der Waals surface area contributed by atoms with Gasteiger partial charge in [-0.2, -0.15) is 11.8 Å². The zero-order valence-electron chi connectivity index (χ0n) is 18.6. The zero-order valence-corrected chi connectivity index (χ0v) is 19.4. The van der Waals surface area contributed by atoms with Crippen LogP contribution in [0.5, 0.6) is 0 Å². The molecule has 1 unspecified atom stereocenters. The summed E-state index contributed by atoms with van der Waals surface area (Å²) < 4.78 is 6.34. The number of aromatic amines is 1. The Hall–Kier alpha value is -1.62. The van der Waals surface area contributed by atoms with Crippen LogP contribution in [0.1, 0.15) is 43.4 Å². The molecule has 3 N–H and O–H groups in total. The van der Waals surface area contributed by atoms with E-state index in [0.29, 0.717) is 0 Å². The van der Waals surface area contributed by atoms with Crippen LogP contribution in [-0.4, -0.2) is 98.9 Å². The average molecular weight is 457 g/mol. The van der Waals surface area contributed by atoms with Gasteiger partial charge >= 0.3 is 0 Å². The minimum absolute atomic E-state index is 0.108. The Labute approximate surface area is 188 Å². The SMILES string of the molecule is CCc1nc(CN2CCC3(CC2)CN(C2CCSC2)CCO3)c(C)[nH]1.O=CO.O=CO. The van der Waals surface area contributed by atoms with E-state index in [2.05, 4.69) is 40.4 Å². The first-order valence-corrected chi connectivity index (χ1v) is 12.0. The van der Waals surface area contributed by atoms with Crippen molar-refractivity contribution in [1.82, 2.24) is 19.8 Å². The average Bonchev–Trinajstić information content (AvgIpc) is 3.42. The van der Waals surface area contributed by atoms with Gasteiger partial charge in [-0.25, -0.2) is 4.98 Å². The summed E-state index contributed by atoms with van der Waals surface area (Å²) in [4.78, 5) is 30.2. The Kier molecular flexibility index (Phi) is 10.8. The molecular weight excluding hydrogens is 420 g/mol. The van der Waals surface area contributed by atoms with Gasteiger partial charge in [0.25, 0.3) is 12.9 Å². The third-order valence-corrected chi connectivity index (χ3v) is 7.36. The van der Waals surface area contributed by atoms with Crippen LogP contribution in [0.15, 0.2) is 0 Å². The van der Waals surface area contributed by atoms with Gasteiger partial charge in [-0.1, -0.05) is 6.92 Å². The van der Waals surface area contributed by atoms with E-state index < -0.39 is 0 Å². The maximum absolute atomic E-state index is 8.36. The summed E-state index contributed by atoms with van der Waals surface area (Å²) in [6, 6.07) is 0.794. The Morgan fingerprint density at radius 2 is 1.94 bits per heavy atom. The Bertz CT molecular complexity index is 667. The standard InChI is InChI=1S/C19H32N4OS.2CH2O2/c1-3-18-20-15(2)17(21-18)12-22-7-5-19(6-8-22)14-23(9-10-24-19)16-4-11-25-13-16;2*2-1-3/h16H,3-14H2,1-2H3,(H,20,21);2*1H,(H,2,3). The number of aromatic nitrogens is 2. The number of nitrogens with one attached hydrogen (secondary N) is 1. The van der Waals surface area contributed by atoms with Crippen LogP contribution in [-0.2, 0) is 27.3 Å². The van der Waals surface area contributed by atoms with Gasteiger partial charge in [-0.3, -0.25) is 19.4 Å². The van der Waals surface area contributed by atoms with Crippen molar-refractivity contribution >= 4 is 24.7 Å². The molecule has 1 aromatic heterocycles. The summed E-state index contributed by atoms with van der Waals surface area (Å²) in [6.07, 6.45) is 4.67. The van der Waals surface area contributed by atoms with Gasteiger partial charge in [0, 0.05) is 56.6 Å². The number of ether oxygens (including phenoxy) is 1. The lowest BCUT2D eigenvalue weighted by molar-refractivity contribution is -0.142.